The quantitative estimate of drug-likeness (QED) is 0.382. The maximum atomic E-state index is 13.8. The molecular weight excluding hydrogens is 470 g/mol. The smallest absolute Gasteiger partial charge is 0.407 e. The second-order valence-electron chi connectivity index (χ2n) is 7.61. The van der Waals surface area contributed by atoms with E-state index in [1.165, 1.54) is 18.2 Å². The van der Waals surface area contributed by atoms with Crippen LogP contribution in [0.2, 0.25) is 10.0 Å². The number of carbonyl (C=O) groups excluding carboxylic acids is 2. The number of rotatable bonds is 5. The van der Waals surface area contributed by atoms with Crippen molar-refractivity contribution in [3.8, 4) is 0 Å². The predicted molar refractivity (Wildman–Crippen MR) is 128 cm³/mol. The molecule has 0 spiro atoms. The number of hydrogen-bond donors (Lipinski definition) is 3. The molecule has 1 aliphatic carbocycles. The molecule has 2 amide bonds. The minimum Gasteiger partial charge on any atom is -0.450 e. The normalized spacial score (nSPS) is 18.4. The lowest BCUT2D eigenvalue weighted by molar-refractivity contribution is 0.100. The first-order valence-corrected chi connectivity index (χ1v) is 11.4. The Hall–Kier alpha value is -2.84. The van der Waals surface area contributed by atoms with Crippen molar-refractivity contribution >= 4 is 46.8 Å². The van der Waals surface area contributed by atoms with E-state index in [2.05, 4.69) is 20.9 Å². The zero-order valence-corrected chi connectivity index (χ0v) is 19.5. The predicted octanol–water partition coefficient (Wildman–Crippen LogP) is 5.39. The molecule has 1 saturated carbocycles. The molecule has 0 saturated heterocycles. The summed E-state index contributed by atoms with van der Waals surface area (Å²) >= 11 is 11.9. The van der Waals surface area contributed by atoms with Crippen LogP contribution in [0.5, 0.6) is 0 Å². The molecule has 0 atom stereocenters. The van der Waals surface area contributed by atoms with Crippen molar-refractivity contribution in [2.45, 2.75) is 44.7 Å². The van der Waals surface area contributed by atoms with Gasteiger partial charge in [0.25, 0.3) is 5.91 Å². The van der Waals surface area contributed by atoms with Gasteiger partial charge in [0.1, 0.15) is 5.82 Å². The van der Waals surface area contributed by atoms with Crippen LogP contribution in [0.1, 0.15) is 43.0 Å². The third-order valence-corrected chi connectivity index (χ3v) is 5.57. The Balaban J connectivity index is 1.71. The highest BCUT2D eigenvalue weighted by Gasteiger charge is 2.24. The van der Waals surface area contributed by atoms with Crippen LogP contribution in [-0.2, 0) is 4.74 Å². The van der Waals surface area contributed by atoms with Crippen LogP contribution in [0.15, 0.2) is 47.5 Å². The minimum atomic E-state index is -0.515. The number of hydrogen-bond acceptors (Lipinski definition) is 3. The van der Waals surface area contributed by atoms with Crippen molar-refractivity contribution in [3.63, 3.8) is 0 Å². The first-order chi connectivity index (χ1) is 15.8. The van der Waals surface area contributed by atoms with Gasteiger partial charge in [-0.1, -0.05) is 23.2 Å². The average molecular weight is 495 g/mol. The Labute approximate surface area is 201 Å². The molecule has 0 unspecified atom stereocenters. The van der Waals surface area contributed by atoms with Gasteiger partial charge in [0, 0.05) is 33.4 Å². The minimum absolute atomic E-state index is 0.00135. The molecule has 0 radical (unpaired) electrons. The van der Waals surface area contributed by atoms with Gasteiger partial charge in [-0.05, 0) is 75.1 Å². The van der Waals surface area contributed by atoms with Gasteiger partial charge in [0.15, 0.2) is 0 Å². The van der Waals surface area contributed by atoms with Crippen LogP contribution in [0.3, 0.4) is 0 Å². The molecule has 0 aromatic heterocycles. The molecule has 176 valence electrons. The van der Waals surface area contributed by atoms with E-state index >= 15 is 0 Å². The zero-order chi connectivity index (χ0) is 23.8. The van der Waals surface area contributed by atoms with Crippen LogP contribution < -0.4 is 16.0 Å². The third-order valence-electron chi connectivity index (χ3n) is 5.10. The number of halogens is 3. The molecule has 1 fully saturated rings. The second-order valence-corrected chi connectivity index (χ2v) is 8.49. The van der Waals surface area contributed by atoms with E-state index in [1.807, 2.05) is 0 Å². The van der Waals surface area contributed by atoms with Crippen molar-refractivity contribution in [3.05, 3.63) is 63.9 Å². The molecule has 0 bridgehead atoms. The Kier molecular flexibility index (Phi) is 8.91. The molecule has 0 heterocycles. The van der Waals surface area contributed by atoms with Gasteiger partial charge in [-0.25, -0.2) is 9.18 Å². The fraction of sp³-hybridized carbons (Fsp3) is 0.348. The van der Waals surface area contributed by atoms with E-state index in [0.29, 0.717) is 22.9 Å². The lowest BCUT2D eigenvalue weighted by Gasteiger charge is -2.30. The number of aliphatic imine (C=N–C) groups is 1. The maximum absolute atomic E-state index is 13.8. The van der Waals surface area contributed by atoms with Gasteiger partial charge in [-0.15, -0.1) is 0 Å². The van der Waals surface area contributed by atoms with E-state index in [0.717, 1.165) is 25.7 Å². The number of ether oxygens (including phenoxy) is 1. The van der Waals surface area contributed by atoms with Crippen molar-refractivity contribution in [1.29, 1.82) is 0 Å². The molecule has 0 aliphatic heterocycles. The Morgan fingerprint density at radius 2 is 1.64 bits per heavy atom. The fourth-order valence-electron chi connectivity index (χ4n) is 3.53. The van der Waals surface area contributed by atoms with E-state index in [-0.39, 0.29) is 23.1 Å². The van der Waals surface area contributed by atoms with Crippen molar-refractivity contribution in [2.75, 3.05) is 11.9 Å². The van der Waals surface area contributed by atoms with Crippen LogP contribution in [0, 0.1) is 5.82 Å². The molecular formula is C23H25Cl2FN4O3. The fourth-order valence-corrected chi connectivity index (χ4v) is 3.88. The number of guanidine groups is 1. The summed E-state index contributed by atoms with van der Waals surface area (Å²) in [7, 11) is 0. The average Bonchev–Trinajstić information content (AvgIpc) is 2.75. The van der Waals surface area contributed by atoms with Crippen molar-refractivity contribution in [2.24, 2.45) is 4.99 Å². The summed E-state index contributed by atoms with van der Waals surface area (Å²) < 4.78 is 18.7. The zero-order valence-electron chi connectivity index (χ0n) is 18.0. The summed E-state index contributed by atoms with van der Waals surface area (Å²) in [4.78, 5) is 28.5. The van der Waals surface area contributed by atoms with E-state index < -0.39 is 17.8 Å². The highest BCUT2D eigenvalue weighted by Crippen LogP contribution is 2.21. The van der Waals surface area contributed by atoms with Gasteiger partial charge in [0.2, 0.25) is 5.96 Å². The monoisotopic (exact) mass is 494 g/mol. The number of benzene rings is 2. The lowest BCUT2D eigenvalue weighted by Crippen LogP contribution is -2.45. The maximum Gasteiger partial charge on any atom is 0.407 e. The summed E-state index contributed by atoms with van der Waals surface area (Å²) in [6.07, 6.45) is 2.52. The second kappa shape index (κ2) is 11.9. The van der Waals surface area contributed by atoms with Crippen LogP contribution in [0.4, 0.5) is 14.9 Å². The van der Waals surface area contributed by atoms with E-state index in [4.69, 9.17) is 27.9 Å². The van der Waals surface area contributed by atoms with Gasteiger partial charge >= 0.3 is 6.09 Å². The van der Waals surface area contributed by atoms with E-state index in [1.54, 1.807) is 31.2 Å². The number of nitrogens with zero attached hydrogens (tertiary/aromatic N) is 1. The Morgan fingerprint density at radius 1 is 1.00 bits per heavy atom. The van der Waals surface area contributed by atoms with Gasteiger partial charge in [0.05, 0.1) is 6.61 Å². The number of amides is 2. The Bertz CT molecular complexity index is 989. The summed E-state index contributed by atoms with van der Waals surface area (Å²) in [5.74, 6) is -0.820. The molecule has 1 aliphatic rings. The molecule has 2 aromatic rings. The van der Waals surface area contributed by atoms with Crippen LogP contribution in [0.25, 0.3) is 0 Å². The van der Waals surface area contributed by atoms with E-state index in [9.17, 15) is 14.0 Å². The SMILES string of the molecule is CCOC(=O)NC1CCC(N/C(=N\C(=O)c2ccc(Cl)cc2)Nc2cc(F)cc(Cl)c2)CC1. The summed E-state index contributed by atoms with van der Waals surface area (Å²) in [5, 5.41) is 9.77. The molecule has 33 heavy (non-hydrogen) atoms. The van der Waals surface area contributed by atoms with Gasteiger partial charge < -0.3 is 20.7 Å². The Morgan fingerprint density at radius 3 is 2.24 bits per heavy atom. The molecule has 10 heteroatoms. The standard InChI is InChI=1S/C23H25Cl2FN4O3/c1-2-33-23(32)29-19-9-7-18(8-10-19)27-22(28-20-12-16(25)11-17(26)13-20)30-21(31)14-3-5-15(24)6-4-14/h3-6,11-13,18-19H,2,7-10H2,1H3,(H,29,32)(H2,27,28,30,31). The number of carbonyl (C=O) groups is 2. The summed E-state index contributed by atoms with van der Waals surface area (Å²) in [6.45, 7) is 2.07. The van der Waals surface area contributed by atoms with Crippen LogP contribution >= 0.6 is 23.2 Å². The molecule has 2 aromatic carbocycles. The highest BCUT2D eigenvalue weighted by molar-refractivity contribution is 6.31. The summed E-state index contributed by atoms with van der Waals surface area (Å²) in [6, 6.07) is 10.4. The van der Waals surface area contributed by atoms with Gasteiger partial charge in [-0.3, -0.25) is 4.79 Å². The lowest BCUT2D eigenvalue weighted by atomic mass is 9.91. The molecule has 3 N–H and O–H groups in total. The number of nitrogens with one attached hydrogen (secondary N) is 3. The number of anilines is 1. The highest BCUT2D eigenvalue weighted by atomic mass is 35.5. The van der Waals surface area contributed by atoms with Crippen LogP contribution in [-0.4, -0.2) is 36.7 Å². The first kappa shape index (κ1) is 24.8. The molecule has 7 nitrogen and oxygen atoms in total. The largest absolute Gasteiger partial charge is 0.450 e. The first-order valence-electron chi connectivity index (χ1n) is 10.6. The topological polar surface area (TPSA) is 91.8 Å². The summed E-state index contributed by atoms with van der Waals surface area (Å²) in [5.41, 5.74) is 0.716. The number of alkyl carbamates (subject to hydrolysis) is 1. The molecule has 3 rings (SSSR count). The van der Waals surface area contributed by atoms with Crippen molar-refractivity contribution in [1.82, 2.24) is 10.6 Å². The van der Waals surface area contributed by atoms with Crippen molar-refractivity contribution < 1.29 is 18.7 Å². The van der Waals surface area contributed by atoms with Gasteiger partial charge in [-0.2, -0.15) is 4.99 Å². The third kappa shape index (κ3) is 7.91.